The van der Waals surface area contributed by atoms with E-state index in [1.54, 1.807) is 19.2 Å². The van der Waals surface area contributed by atoms with Crippen LogP contribution in [0.1, 0.15) is 17.2 Å². The molecule has 0 spiro atoms. The van der Waals surface area contributed by atoms with Gasteiger partial charge in [-0.2, -0.15) is 0 Å². The van der Waals surface area contributed by atoms with E-state index in [9.17, 15) is 14.7 Å². The van der Waals surface area contributed by atoms with Crippen LogP contribution in [-0.4, -0.2) is 47.0 Å². The molecule has 0 bridgehead atoms. The average Bonchev–Trinajstić information content (AvgIpc) is 2.45. The Balaban J connectivity index is 2.34. The van der Waals surface area contributed by atoms with Gasteiger partial charge < -0.3 is 14.9 Å². The molecular formula is C15H16N2O3. The van der Waals surface area contributed by atoms with Gasteiger partial charge in [-0.05, 0) is 17.5 Å². The smallest absolute Gasteiger partial charge is 0.331 e. The molecule has 104 valence electrons. The summed E-state index contributed by atoms with van der Waals surface area (Å²) in [5.41, 5.74) is 1.65. The lowest BCUT2D eigenvalue weighted by atomic mass is 9.93. The van der Waals surface area contributed by atoms with Gasteiger partial charge in [-0.15, -0.1) is 6.42 Å². The predicted molar refractivity (Wildman–Crippen MR) is 74.1 cm³/mol. The van der Waals surface area contributed by atoms with Crippen molar-refractivity contribution in [3.63, 3.8) is 0 Å². The second-order valence-electron chi connectivity index (χ2n) is 4.73. The van der Waals surface area contributed by atoms with Crippen LogP contribution in [-0.2, 0) is 11.2 Å². The summed E-state index contributed by atoms with van der Waals surface area (Å²) < 4.78 is 0. The molecule has 0 radical (unpaired) electrons. The number of carbonyl (C=O) groups excluding carboxylic acids is 1. The van der Waals surface area contributed by atoms with E-state index >= 15 is 0 Å². The number of rotatable bonds is 2. The Kier molecular flexibility index (Phi) is 3.94. The van der Waals surface area contributed by atoms with Gasteiger partial charge in [-0.25, -0.2) is 9.59 Å². The van der Waals surface area contributed by atoms with Crippen LogP contribution < -0.4 is 0 Å². The van der Waals surface area contributed by atoms with E-state index in [2.05, 4.69) is 5.92 Å². The number of carboxylic acids is 1. The summed E-state index contributed by atoms with van der Waals surface area (Å²) >= 11 is 0. The number of hydrogen-bond donors (Lipinski definition) is 1. The van der Waals surface area contributed by atoms with Gasteiger partial charge in [0.25, 0.3) is 0 Å². The summed E-state index contributed by atoms with van der Waals surface area (Å²) in [5.74, 6) is 1.35. The van der Waals surface area contributed by atoms with Crippen molar-refractivity contribution in [3.8, 4) is 12.3 Å². The van der Waals surface area contributed by atoms with Crippen molar-refractivity contribution in [1.82, 2.24) is 9.80 Å². The Morgan fingerprint density at radius 1 is 1.50 bits per heavy atom. The highest BCUT2D eigenvalue weighted by atomic mass is 16.4. The molecule has 0 saturated heterocycles. The molecular weight excluding hydrogens is 256 g/mol. The highest BCUT2D eigenvalue weighted by molar-refractivity contribution is 5.84. The van der Waals surface area contributed by atoms with Crippen molar-refractivity contribution < 1.29 is 14.7 Å². The maximum Gasteiger partial charge on any atom is 0.331 e. The first-order valence-corrected chi connectivity index (χ1v) is 6.32. The van der Waals surface area contributed by atoms with Gasteiger partial charge >= 0.3 is 12.0 Å². The average molecular weight is 272 g/mol. The summed E-state index contributed by atoms with van der Waals surface area (Å²) in [6.45, 7) is 0.533. The second-order valence-corrected chi connectivity index (χ2v) is 4.73. The topological polar surface area (TPSA) is 60.9 Å². The molecule has 1 aromatic rings. The van der Waals surface area contributed by atoms with E-state index < -0.39 is 12.0 Å². The van der Waals surface area contributed by atoms with Crippen molar-refractivity contribution in [1.29, 1.82) is 0 Å². The number of amides is 2. The lowest BCUT2D eigenvalue weighted by Gasteiger charge is -2.36. The van der Waals surface area contributed by atoms with Crippen LogP contribution in [0.3, 0.4) is 0 Å². The van der Waals surface area contributed by atoms with E-state index in [1.807, 2.05) is 12.1 Å². The van der Waals surface area contributed by atoms with E-state index in [0.29, 0.717) is 18.5 Å². The molecule has 5 heteroatoms. The van der Waals surface area contributed by atoms with Crippen molar-refractivity contribution >= 4 is 12.0 Å². The normalized spacial score (nSPS) is 17.0. The first-order chi connectivity index (χ1) is 9.56. The maximum atomic E-state index is 12.3. The molecule has 2 amide bonds. The van der Waals surface area contributed by atoms with Crippen LogP contribution in [0.25, 0.3) is 0 Å². The van der Waals surface area contributed by atoms with Crippen molar-refractivity contribution in [2.24, 2.45) is 0 Å². The fourth-order valence-electron chi connectivity index (χ4n) is 2.46. The molecule has 1 heterocycles. The Hall–Kier alpha value is -2.48. The summed E-state index contributed by atoms with van der Waals surface area (Å²) in [6.07, 6.45) is 5.84. The van der Waals surface area contributed by atoms with Crippen molar-refractivity contribution in [2.45, 2.75) is 12.5 Å². The number of fused-ring (bicyclic) bond motifs is 1. The molecule has 5 nitrogen and oxygen atoms in total. The van der Waals surface area contributed by atoms with Gasteiger partial charge in [-0.1, -0.05) is 30.2 Å². The fraction of sp³-hybridized carbons (Fsp3) is 0.333. The highest BCUT2D eigenvalue weighted by Gasteiger charge is 2.36. The highest BCUT2D eigenvalue weighted by Crippen LogP contribution is 2.30. The van der Waals surface area contributed by atoms with E-state index in [0.717, 1.165) is 5.56 Å². The third kappa shape index (κ3) is 2.45. The van der Waals surface area contributed by atoms with Gasteiger partial charge in [0.1, 0.15) is 0 Å². The zero-order valence-corrected chi connectivity index (χ0v) is 11.2. The zero-order valence-electron chi connectivity index (χ0n) is 11.2. The van der Waals surface area contributed by atoms with E-state index in [-0.39, 0.29) is 12.6 Å². The monoisotopic (exact) mass is 272 g/mol. The molecule has 1 unspecified atom stereocenters. The molecule has 0 aliphatic carbocycles. The van der Waals surface area contributed by atoms with Gasteiger partial charge in [0.15, 0.2) is 6.04 Å². The summed E-state index contributed by atoms with van der Waals surface area (Å²) in [5, 5.41) is 9.46. The Morgan fingerprint density at radius 2 is 2.20 bits per heavy atom. The minimum Gasteiger partial charge on any atom is -0.479 e. The third-order valence-electron chi connectivity index (χ3n) is 3.42. The van der Waals surface area contributed by atoms with Crippen molar-refractivity contribution in [3.05, 3.63) is 35.4 Å². The molecule has 0 fully saturated rings. The number of hydrogen-bond acceptors (Lipinski definition) is 2. The number of urea groups is 1. The number of benzene rings is 1. The van der Waals surface area contributed by atoms with Gasteiger partial charge in [0.05, 0.1) is 6.54 Å². The van der Waals surface area contributed by atoms with E-state index in [4.69, 9.17) is 6.42 Å². The molecule has 1 aliphatic heterocycles. The van der Waals surface area contributed by atoms with Crippen LogP contribution >= 0.6 is 0 Å². The molecule has 20 heavy (non-hydrogen) atoms. The first kappa shape index (κ1) is 13.9. The van der Waals surface area contributed by atoms with Gasteiger partial charge in [-0.3, -0.25) is 0 Å². The Morgan fingerprint density at radius 3 is 2.85 bits per heavy atom. The quantitative estimate of drug-likeness (QED) is 0.827. The molecule has 1 atom stereocenters. The summed E-state index contributed by atoms with van der Waals surface area (Å²) in [7, 11) is 1.57. The molecule has 0 aromatic heterocycles. The number of carboxylic acid groups (broad SMARTS) is 1. The SMILES string of the molecule is C#CCN(C)C(=O)N1CCc2ccccc2C1C(=O)O. The first-order valence-electron chi connectivity index (χ1n) is 6.32. The van der Waals surface area contributed by atoms with Crippen LogP contribution in [0.15, 0.2) is 24.3 Å². The maximum absolute atomic E-state index is 12.3. The largest absolute Gasteiger partial charge is 0.479 e. The lowest BCUT2D eigenvalue weighted by molar-refractivity contribution is -0.143. The minimum absolute atomic E-state index is 0.156. The standard InChI is InChI=1S/C15H16N2O3/c1-3-9-16(2)15(20)17-10-8-11-6-4-5-7-12(11)13(17)14(18)19/h1,4-7,13H,8-10H2,2H3,(H,18,19). The number of terminal acetylenes is 1. The summed E-state index contributed by atoms with van der Waals surface area (Å²) in [4.78, 5) is 26.6. The molecule has 1 N–H and O–H groups in total. The fourth-order valence-corrected chi connectivity index (χ4v) is 2.46. The van der Waals surface area contributed by atoms with Crippen molar-refractivity contribution in [2.75, 3.05) is 20.1 Å². The molecule has 1 aliphatic rings. The second kappa shape index (κ2) is 5.66. The minimum atomic E-state index is -1.03. The zero-order chi connectivity index (χ0) is 14.7. The van der Waals surface area contributed by atoms with Gasteiger partial charge in [0.2, 0.25) is 0 Å². The summed E-state index contributed by atoms with van der Waals surface area (Å²) in [6, 6.07) is 6.01. The van der Waals surface area contributed by atoms with Crippen LogP contribution in [0.5, 0.6) is 0 Å². The lowest BCUT2D eigenvalue weighted by Crippen LogP contribution is -2.48. The van der Waals surface area contributed by atoms with Crippen LogP contribution in [0.4, 0.5) is 4.79 Å². The third-order valence-corrected chi connectivity index (χ3v) is 3.42. The van der Waals surface area contributed by atoms with Gasteiger partial charge in [0, 0.05) is 13.6 Å². The predicted octanol–water partition coefficient (Wildman–Crippen LogP) is 1.36. The molecule has 0 saturated carbocycles. The van der Waals surface area contributed by atoms with Crippen LogP contribution in [0.2, 0.25) is 0 Å². The van der Waals surface area contributed by atoms with E-state index in [1.165, 1.54) is 9.80 Å². The number of carbonyl (C=O) groups is 2. The molecule has 2 rings (SSSR count). The van der Waals surface area contributed by atoms with Crippen LogP contribution in [0, 0.1) is 12.3 Å². The number of nitrogens with zero attached hydrogens (tertiary/aromatic N) is 2. The Labute approximate surface area is 117 Å². The molecule has 1 aromatic carbocycles. The Bertz CT molecular complexity index is 577. The number of aliphatic carboxylic acids is 1.